The Morgan fingerprint density at radius 3 is 2.43 bits per heavy atom. The van der Waals surface area contributed by atoms with Crippen molar-refractivity contribution >= 4 is 11.3 Å². The Bertz CT molecular complexity index is 254. The Hall–Kier alpha value is -0.380. The minimum absolute atomic E-state index is 0.989. The molecule has 0 unspecified atom stereocenters. The van der Waals surface area contributed by atoms with Crippen molar-refractivity contribution in [2.45, 2.75) is 26.9 Å². The average Bonchev–Trinajstić information content (AvgIpc) is 2.63. The van der Waals surface area contributed by atoms with Crippen LogP contribution in [0.1, 0.15) is 23.6 Å². The molecule has 0 saturated heterocycles. The van der Waals surface area contributed by atoms with Crippen molar-refractivity contribution < 1.29 is 0 Å². The molecule has 3 heteroatoms. The zero-order valence-electron chi connectivity index (χ0n) is 9.34. The SMILES string of the molecule is CCN(CC)Cc1ccc(CNC)s1. The summed E-state index contributed by atoms with van der Waals surface area (Å²) in [6, 6.07) is 4.47. The minimum Gasteiger partial charge on any atom is -0.315 e. The third kappa shape index (κ3) is 3.40. The lowest BCUT2D eigenvalue weighted by Crippen LogP contribution is -2.21. The van der Waals surface area contributed by atoms with Crippen LogP contribution in [0.3, 0.4) is 0 Å². The molecule has 1 aromatic heterocycles. The lowest BCUT2D eigenvalue weighted by atomic mass is 10.4. The molecule has 0 amide bonds. The van der Waals surface area contributed by atoms with Gasteiger partial charge in [-0.2, -0.15) is 0 Å². The zero-order valence-corrected chi connectivity index (χ0v) is 10.2. The van der Waals surface area contributed by atoms with Gasteiger partial charge in [0.15, 0.2) is 0 Å². The summed E-state index contributed by atoms with van der Waals surface area (Å²) in [5, 5.41) is 3.18. The van der Waals surface area contributed by atoms with Crippen LogP contribution in [0, 0.1) is 0 Å². The van der Waals surface area contributed by atoms with E-state index in [4.69, 9.17) is 0 Å². The smallest absolute Gasteiger partial charge is 0.0327 e. The van der Waals surface area contributed by atoms with Crippen molar-refractivity contribution in [3.05, 3.63) is 21.9 Å². The first kappa shape index (κ1) is 11.7. The molecule has 0 bridgehead atoms. The van der Waals surface area contributed by atoms with E-state index in [0.717, 1.165) is 26.2 Å². The molecule has 0 spiro atoms. The highest BCUT2D eigenvalue weighted by molar-refractivity contribution is 7.11. The Morgan fingerprint density at radius 1 is 1.21 bits per heavy atom. The average molecular weight is 212 g/mol. The molecule has 0 aliphatic carbocycles. The number of rotatable bonds is 6. The van der Waals surface area contributed by atoms with Gasteiger partial charge in [-0.3, -0.25) is 4.90 Å². The fourth-order valence-electron chi connectivity index (χ4n) is 1.44. The van der Waals surface area contributed by atoms with Crippen LogP contribution in [0.15, 0.2) is 12.1 Å². The molecular formula is C11H20N2S. The Kier molecular flexibility index (Phi) is 5.15. The first-order chi connectivity index (χ1) is 6.80. The molecule has 1 heterocycles. The number of thiophene rings is 1. The second-order valence-corrected chi connectivity index (χ2v) is 4.61. The van der Waals surface area contributed by atoms with Crippen LogP contribution in [0.2, 0.25) is 0 Å². The zero-order chi connectivity index (χ0) is 10.4. The van der Waals surface area contributed by atoms with E-state index in [9.17, 15) is 0 Å². The highest BCUT2D eigenvalue weighted by Crippen LogP contribution is 2.17. The second kappa shape index (κ2) is 6.17. The standard InChI is InChI=1S/C11H20N2S/c1-4-13(5-2)9-11-7-6-10(14-11)8-12-3/h6-7,12H,4-5,8-9H2,1-3H3. The number of hydrogen-bond acceptors (Lipinski definition) is 3. The largest absolute Gasteiger partial charge is 0.315 e. The van der Waals surface area contributed by atoms with Crippen LogP contribution in [0.25, 0.3) is 0 Å². The van der Waals surface area contributed by atoms with Gasteiger partial charge in [-0.1, -0.05) is 13.8 Å². The molecule has 0 aromatic carbocycles. The molecule has 1 aromatic rings. The molecule has 80 valence electrons. The summed E-state index contributed by atoms with van der Waals surface area (Å²) in [6.07, 6.45) is 0. The van der Waals surface area contributed by atoms with Crippen molar-refractivity contribution in [3.63, 3.8) is 0 Å². The highest BCUT2D eigenvalue weighted by atomic mass is 32.1. The van der Waals surface area contributed by atoms with Gasteiger partial charge in [0.2, 0.25) is 0 Å². The molecule has 0 fully saturated rings. The Balaban J connectivity index is 2.49. The van der Waals surface area contributed by atoms with Gasteiger partial charge in [-0.05, 0) is 32.3 Å². The maximum atomic E-state index is 3.18. The van der Waals surface area contributed by atoms with Crippen LogP contribution < -0.4 is 5.32 Å². The quantitative estimate of drug-likeness (QED) is 0.778. The number of nitrogens with zero attached hydrogens (tertiary/aromatic N) is 1. The van der Waals surface area contributed by atoms with Gasteiger partial charge in [-0.15, -0.1) is 11.3 Å². The lowest BCUT2D eigenvalue weighted by Gasteiger charge is -2.16. The first-order valence-corrected chi connectivity index (χ1v) is 6.06. The first-order valence-electron chi connectivity index (χ1n) is 5.24. The topological polar surface area (TPSA) is 15.3 Å². The van der Waals surface area contributed by atoms with Gasteiger partial charge in [0.1, 0.15) is 0 Å². The molecule has 14 heavy (non-hydrogen) atoms. The summed E-state index contributed by atoms with van der Waals surface area (Å²) < 4.78 is 0. The van der Waals surface area contributed by atoms with E-state index < -0.39 is 0 Å². The van der Waals surface area contributed by atoms with Crippen molar-refractivity contribution in [2.75, 3.05) is 20.1 Å². The summed E-state index contributed by atoms with van der Waals surface area (Å²) >= 11 is 1.91. The van der Waals surface area contributed by atoms with Crippen molar-refractivity contribution in [1.82, 2.24) is 10.2 Å². The van der Waals surface area contributed by atoms with Gasteiger partial charge >= 0.3 is 0 Å². The van der Waals surface area contributed by atoms with Crippen molar-refractivity contribution in [3.8, 4) is 0 Å². The third-order valence-electron chi connectivity index (χ3n) is 2.34. The van der Waals surface area contributed by atoms with Crippen molar-refractivity contribution in [2.24, 2.45) is 0 Å². The molecule has 0 aliphatic rings. The van der Waals surface area contributed by atoms with E-state index in [1.54, 1.807) is 0 Å². The van der Waals surface area contributed by atoms with Crippen LogP contribution in [0.4, 0.5) is 0 Å². The number of hydrogen-bond donors (Lipinski definition) is 1. The predicted molar refractivity (Wildman–Crippen MR) is 63.7 cm³/mol. The molecule has 0 atom stereocenters. The normalized spacial score (nSPS) is 11.1. The Labute approximate surface area is 90.9 Å². The van der Waals surface area contributed by atoms with E-state index >= 15 is 0 Å². The van der Waals surface area contributed by atoms with Crippen LogP contribution in [-0.2, 0) is 13.1 Å². The van der Waals surface area contributed by atoms with E-state index in [1.807, 2.05) is 18.4 Å². The van der Waals surface area contributed by atoms with E-state index in [-0.39, 0.29) is 0 Å². The fourth-order valence-corrected chi connectivity index (χ4v) is 2.52. The molecular weight excluding hydrogens is 192 g/mol. The fraction of sp³-hybridized carbons (Fsp3) is 0.636. The Morgan fingerprint density at radius 2 is 1.86 bits per heavy atom. The maximum absolute atomic E-state index is 3.18. The molecule has 2 nitrogen and oxygen atoms in total. The van der Waals surface area contributed by atoms with Gasteiger partial charge in [0, 0.05) is 22.8 Å². The molecule has 1 N–H and O–H groups in total. The minimum atomic E-state index is 0.989. The van der Waals surface area contributed by atoms with Gasteiger partial charge < -0.3 is 5.32 Å². The van der Waals surface area contributed by atoms with Gasteiger partial charge in [0.05, 0.1) is 0 Å². The van der Waals surface area contributed by atoms with E-state index in [0.29, 0.717) is 0 Å². The van der Waals surface area contributed by atoms with E-state index in [1.165, 1.54) is 9.75 Å². The molecule has 1 rings (SSSR count). The summed E-state index contributed by atoms with van der Waals surface area (Å²) in [5.74, 6) is 0. The van der Waals surface area contributed by atoms with Gasteiger partial charge in [0.25, 0.3) is 0 Å². The van der Waals surface area contributed by atoms with Crippen LogP contribution in [-0.4, -0.2) is 25.0 Å². The summed E-state index contributed by atoms with van der Waals surface area (Å²) in [5.41, 5.74) is 0. The predicted octanol–water partition coefficient (Wildman–Crippen LogP) is 2.31. The van der Waals surface area contributed by atoms with Crippen LogP contribution >= 0.6 is 11.3 Å². The molecule has 0 saturated carbocycles. The van der Waals surface area contributed by atoms with Crippen LogP contribution in [0.5, 0.6) is 0 Å². The maximum Gasteiger partial charge on any atom is 0.0327 e. The summed E-state index contributed by atoms with van der Waals surface area (Å²) in [6.45, 7) is 8.78. The summed E-state index contributed by atoms with van der Waals surface area (Å²) in [4.78, 5) is 5.34. The highest BCUT2D eigenvalue weighted by Gasteiger charge is 2.03. The number of nitrogens with one attached hydrogen (secondary N) is 1. The van der Waals surface area contributed by atoms with E-state index in [2.05, 4.69) is 36.2 Å². The van der Waals surface area contributed by atoms with Gasteiger partial charge in [-0.25, -0.2) is 0 Å². The van der Waals surface area contributed by atoms with Crippen molar-refractivity contribution in [1.29, 1.82) is 0 Å². The third-order valence-corrected chi connectivity index (χ3v) is 3.41. The summed E-state index contributed by atoms with van der Waals surface area (Å²) in [7, 11) is 1.99. The monoisotopic (exact) mass is 212 g/mol. The molecule has 0 aliphatic heterocycles. The second-order valence-electron chi connectivity index (χ2n) is 3.36. The molecule has 0 radical (unpaired) electrons. The lowest BCUT2D eigenvalue weighted by molar-refractivity contribution is 0.298.